The third-order valence-electron chi connectivity index (χ3n) is 4.71. The molecule has 0 aliphatic carbocycles. The maximum atomic E-state index is 13.2. The lowest BCUT2D eigenvalue weighted by atomic mass is 9.97. The second-order valence-corrected chi connectivity index (χ2v) is 7.83. The normalized spacial score (nSPS) is 14.5. The van der Waals surface area contributed by atoms with Crippen molar-refractivity contribution in [1.29, 1.82) is 0 Å². The van der Waals surface area contributed by atoms with Crippen LogP contribution >= 0.6 is 23.2 Å². The molecule has 2 aromatic rings. The fraction of sp³-hybridized carbons (Fsp3) is 0.300. The van der Waals surface area contributed by atoms with Gasteiger partial charge in [-0.2, -0.15) is 13.2 Å². The van der Waals surface area contributed by atoms with Crippen molar-refractivity contribution in [2.45, 2.75) is 19.0 Å². The number of pyridine rings is 1. The highest BCUT2D eigenvalue weighted by molar-refractivity contribution is 6.35. The summed E-state index contributed by atoms with van der Waals surface area (Å²) in [6.07, 6.45) is -3.21. The van der Waals surface area contributed by atoms with E-state index in [1.807, 2.05) is 0 Å². The van der Waals surface area contributed by atoms with Gasteiger partial charge in [-0.3, -0.25) is 9.59 Å². The number of aromatic nitrogens is 1. The van der Waals surface area contributed by atoms with Crippen LogP contribution in [0.1, 0.15) is 23.2 Å². The van der Waals surface area contributed by atoms with Crippen LogP contribution in [0.5, 0.6) is 0 Å². The van der Waals surface area contributed by atoms with Crippen LogP contribution < -0.4 is 15.7 Å². The number of piperidine rings is 1. The Balaban J connectivity index is 1.96. The lowest BCUT2D eigenvalue weighted by Gasteiger charge is -2.24. The van der Waals surface area contributed by atoms with Gasteiger partial charge in [0.05, 0.1) is 21.3 Å². The molecule has 0 spiro atoms. The number of carbonyl (C=O) groups is 3. The van der Waals surface area contributed by atoms with E-state index in [9.17, 15) is 27.6 Å². The number of amides is 2. The summed E-state index contributed by atoms with van der Waals surface area (Å²) in [5.41, 5.74) is -0.439. The molecular formula is C20H17Cl2F3N4O4. The fourth-order valence-electron chi connectivity index (χ4n) is 3.06. The number of hydrogen-bond acceptors (Lipinski definition) is 6. The first kappa shape index (κ1) is 24.7. The van der Waals surface area contributed by atoms with Gasteiger partial charge in [0, 0.05) is 12.1 Å². The van der Waals surface area contributed by atoms with Gasteiger partial charge in [-0.15, -0.1) is 5.06 Å². The smallest absolute Gasteiger partial charge is 0.324 e. The number of nitrogens with one attached hydrogen (secondary N) is 2. The third kappa shape index (κ3) is 6.12. The molecule has 1 aromatic heterocycles. The monoisotopic (exact) mass is 504 g/mol. The molecule has 1 aliphatic heterocycles. The molecule has 1 aromatic carbocycles. The van der Waals surface area contributed by atoms with Crippen LogP contribution in [-0.2, 0) is 14.4 Å². The third-order valence-corrected chi connectivity index (χ3v) is 5.25. The van der Waals surface area contributed by atoms with Crippen molar-refractivity contribution in [3.05, 3.63) is 52.1 Å². The number of benzene rings is 1. The lowest BCUT2D eigenvalue weighted by molar-refractivity contribution is -0.200. The molecule has 0 saturated carbocycles. The minimum Gasteiger partial charge on any atom is -0.324 e. The summed E-state index contributed by atoms with van der Waals surface area (Å²) in [4.78, 5) is 45.5. The van der Waals surface area contributed by atoms with Gasteiger partial charge < -0.3 is 15.5 Å². The predicted octanol–water partition coefficient (Wildman–Crippen LogP) is 3.99. The Morgan fingerprint density at radius 2 is 1.82 bits per heavy atom. The molecule has 2 amide bonds. The van der Waals surface area contributed by atoms with Crippen molar-refractivity contribution < 1.29 is 32.4 Å². The van der Waals surface area contributed by atoms with E-state index in [0.29, 0.717) is 25.9 Å². The Kier molecular flexibility index (Phi) is 7.77. The predicted molar refractivity (Wildman–Crippen MR) is 114 cm³/mol. The summed E-state index contributed by atoms with van der Waals surface area (Å²) in [7, 11) is 0. The van der Waals surface area contributed by atoms with Gasteiger partial charge >= 0.3 is 12.1 Å². The first-order valence-electron chi connectivity index (χ1n) is 9.63. The molecule has 0 radical (unpaired) electrons. The molecule has 8 nitrogen and oxygen atoms in total. The molecule has 0 bridgehead atoms. The highest BCUT2D eigenvalue weighted by Gasteiger charge is 2.44. The zero-order valence-corrected chi connectivity index (χ0v) is 18.3. The van der Waals surface area contributed by atoms with E-state index in [-0.39, 0.29) is 32.3 Å². The maximum absolute atomic E-state index is 13.2. The number of alkyl halides is 3. The Morgan fingerprint density at radius 3 is 2.42 bits per heavy atom. The molecule has 3 rings (SSSR count). The van der Waals surface area contributed by atoms with Gasteiger partial charge in [-0.05, 0) is 50.2 Å². The van der Waals surface area contributed by atoms with Crippen molar-refractivity contribution in [2.24, 2.45) is 5.92 Å². The summed E-state index contributed by atoms with van der Waals surface area (Å²) < 4.78 is 38.5. The van der Waals surface area contributed by atoms with E-state index in [1.54, 1.807) is 0 Å². The van der Waals surface area contributed by atoms with E-state index in [4.69, 9.17) is 23.2 Å². The molecule has 33 heavy (non-hydrogen) atoms. The minimum atomic E-state index is -5.38. The Bertz CT molecular complexity index is 1040. The molecule has 176 valence electrons. The number of rotatable bonds is 4. The number of para-hydroxylation sites is 1. The summed E-state index contributed by atoms with van der Waals surface area (Å²) in [5.74, 6) is -5.05. The van der Waals surface area contributed by atoms with E-state index in [0.717, 1.165) is 12.3 Å². The van der Waals surface area contributed by atoms with Crippen molar-refractivity contribution in [3.8, 4) is 0 Å². The highest BCUT2D eigenvalue weighted by Crippen LogP contribution is 2.30. The minimum absolute atomic E-state index is 0.0331. The van der Waals surface area contributed by atoms with Crippen molar-refractivity contribution in [3.63, 3.8) is 0 Å². The van der Waals surface area contributed by atoms with Crippen molar-refractivity contribution in [1.82, 2.24) is 10.3 Å². The Labute approximate surface area is 196 Å². The standard InChI is InChI=1S/C20H17Cl2F3N4O4/c21-12-4-5-15(27-10-12)29(33-19(32)20(23,24)25)18(31)13-2-1-3-14(22)16(13)28-17(30)11-6-8-26-9-7-11/h1-5,10-11,26H,6-9H2,(H,28,30). The molecule has 13 heteroatoms. The molecule has 1 fully saturated rings. The zero-order valence-electron chi connectivity index (χ0n) is 16.8. The second kappa shape index (κ2) is 10.4. The zero-order chi connectivity index (χ0) is 24.2. The van der Waals surface area contributed by atoms with E-state index >= 15 is 0 Å². The molecule has 2 heterocycles. The lowest BCUT2D eigenvalue weighted by Crippen LogP contribution is -2.40. The average Bonchev–Trinajstić information content (AvgIpc) is 2.78. The second-order valence-electron chi connectivity index (χ2n) is 6.99. The highest BCUT2D eigenvalue weighted by atomic mass is 35.5. The van der Waals surface area contributed by atoms with Crippen LogP contribution in [0, 0.1) is 5.92 Å². The number of hydrogen-bond donors (Lipinski definition) is 2. The van der Waals surface area contributed by atoms with Gasteiger partial charge in [0.25, 0.3) is 5.91 Å². The topological polar surface area (TPSA) is 101 Å². The molecule has 0 unspecified atom stereocenters. The van der Waals surface area contributed by atoms with Gasteiger partial charge in [-0.25, -0.2) is 9.78 Å². The van der Waals surface area contributed by atoms with Crippen LogP contribution in [0.25, 0.3) is 0 Å². The number of carbonyl (C=O) groups excluding carboxylic acids is 3. The average molecular weight is 505 g/mol. The van der Waals surface area contributed by atoms with Gasteiger partial charge in [0.15, 0.2) is 5.82 Å². The molecule has 2 N–H and O–H groups in total. The van der Waals surface area contributed by atoms with Crippen LogP contribution in [0.15, 0.2) is 36.5 Å². The molecule has 0 atom stereocenters. The number of anilines is 2. The molecule has 1 aliphatic rings. The fourth-order valence-corrected chi connectivity index (χ4v) is 3.40. The van der Waals surface area contributed by atoms with E-state index < -0.39 is 29.8 Å². The summed E-state index contributed by atoms with van der Waals surface area (Å²) >= 11 is 11.9. The van der Waals surface area contributed by atoms with Crippen LogP contribution in [0.3, 0.4) is 0 Å². The number of hydroxylamine groups is 1. The molecular weight excluding hydrogens is 488 g/mol. The van der Waals surface area contributed by atoms with Gasteiger partial charge in [0.1, 0.15) is 0 Å². The van der Waals surface area contributed by atoms with Gasteiger partial charge in [-0.1, -0.05) is 29.3 Å². The number of halogens is 5. The van der Waals surface area contributed by atoms with Crippen LogP contribution in [0.4, 0.5) is 24.7 Å². The summed E-state index contributed by atoms with van der Waals surface area (Å²) in [6.45, 7) is 1.27. The quantitative estimate of drug-likeness (QED) is 0.610. The Morgan fingerprint density at radius 1 is 1.12 bits per heavy atom. The number of nitrogens with zero attached hydrogens (tertiary/aromatic N) is 2. The van der Waals surface area contributed by atoms with Gasteiger partial charge in [0.2, 0.25) is 5.91 Å². The SMILES string of the molecule is O=C(Nc1c(Cl)cccc1C(=O)N(OC(=O)C(F)(F)F)c1ccc(Cl)cn1)C1CCNCC1. The summed E-state index contributed by atoms with van der Waals surface area (Å²) in [5, 5.41) is 5.86. The van der Waals surface area contributed by atoms with E-state index in [1.165, 1.54) is 24.3 Å². The van der Waals surface area contributed by atoms with Crippen molar-refractivity contribution in [2.75, 3.05) is 23.5 Å². The largest absolute Gasteiger partial charge is 0.493 e. The maximum Gasteiger partial charge on any atom is 0.493 e. The Hall–Kier alpha value is -2.89. The summed E-state index contributed by atoms with van der Waals surface area (Å²) in [6, 6.07) is 6.29. The molecule has 1 saturated heterocycles. The van der Waals surface area contributed by atoms with Crippen molar-refractivity contribution >= 4 is 52.5 Å². The van der Waals surface area contributed by atoms with Crippen LogP contribution in [0.2, 0.25) is 10.0 Å². The van der Waals surface area contributed by atoms with Crippen LogP contribution in [-0.4, -0.2) is 42.0 Å². The first-order valence-corrected chi connectivity index (χ1v) is 10.4. The van der Waals surface area contributed by atoms with E-state index in [2.05, 4.69) is 20.5 Å². The first-order chi connectivity index (χ1) is 15.6.